The molecule has 24 heavy (non-hydrogen) atoms. The normalized spacial score (nSPS) is 15.1. The van der Waals surface area contributed by atoms with Gasteiger partial charge in [0.1, 0.15) is 21.3 Å². The molecule has 1 aliphatic rings. The van der Waals surface area contributed by atoms with Crippen LogP contribution in [0.5, 0.6) is 0 Å². The number of thiophene rings is 1. The first-order chi connectivity index (χ1) is 11.6. The van der Waals surface area contributed by atoms with Crippen LogP contribution in [0.1, 0.15) is 28.9 Å². The number of piperidine rings is 1. The summed E-state index contributed by atoms with van der Waals surface area (Å²) in [6.07, 6.45) is 5.20. The average molecular weight is 342 g/mol. The van der Waals surface area contributed by atoms with E-state index in [0.717, 1.165) is 47.5 Å². The summed E-state index contributed by atoms with van der Waals surface area (Å²) < 4.78 is 5.58. The maximum Gasteiger partial charge on any atom is 0.260 e. The van der Waals surface area contributed by atoms with Crippen LogP contribution in [0.15, 0.2) is 28.9 Å². The molecule has 0 aliphatic carbocycles. The monoisotopic (exact) mass is 342 g/mol. The Morgan fingerprint density at radius 1 is 1.29 bits per heavy atom. The van der Waals surface area contributed by atoms with Crippen LogP contribution in [0.3, 0.4) is 0 Å². The van der Waals surface area contributed by atoms with Crippen molar-refractivity contribution in [1.29, 1.82) is 0 Å². The zero-order valence-electron chi connectivity index (χ0n) is 13.1. The van der Waals surface area contributed by atoms with Gasteiger partial charge in [0.25, 0.3) is 5.91 Å². The molecule has 3 aromatic rings. The van der Waals surface area contributed by atoms with Crippen LogP contribution in [-0.4, -0.2) is 24.0 Å². The van der Waals surface area contributed by atoms with E-state index in [1.165, 1.54) is 17.8 Å². The topological polar surface area (TPSA) is 98.4 Å². The number of anilines is 2. The molecule has 0 saturated carbocycles. The van der Waals surface area contributed by atoms with Crippen molar-refractivity contribution in [3.05, 3.63) is 29.3 Å². The van der Waals surface area contributed by atoms with Crippen LogP contribution in [0.25, 0.3) is 21.5 Å². The summed E-state index contributed by atoms with van der Waals surface area (Å²) in [6.45, 7) is 1.97. The number of amides is 1. The van der Waals surface area contributed by atoms with Gasteiger partial charge in [-0.1, -0.05) is 0 Å². The molecule has 0 radical (unpaired) electrons. The van der Waals surface area contributed by atoms with Gasteiger partial charge in [-0.05, 0) is 37.5 Å². The lowest BCUT2D eigenvalue weighted by molar-refractivity contribution is 0.100. The third kappa shape index (κ3) is 2.41. The Bertz CT molecular complexity index is 895. The fourth-order valence-corrected chi connectivity index (χ4v) is 4.17. The predicted octanol–water partition coefficient (Wildman–Crippen LogP) is 3.23. The zero-order valence-corrected chi connectivity index (χ0v) is 13.9. The van der Waals surface area contributed by atoms with E-state index < -0.39 is 5.91 Å². The van der Waals surface area contributed by atoms with Gasteiger partial charge in [0, 0.05) is 24.0 Å². The fourth-order valence-electron chi connectivity index (χ4n) is 3.20. The lowest BCUT2D eigenvalue weighted by atomic mass is 10.1. The van der Waals surface area contributed by atoms with Crippen molar-refractivity contribution in [2.45, 2.75) is 19.3 Å². The van der Waals surface area contributed by atoms with Crippen LogP contribution in [0, 0.1) is 0 Å². The van der Waals surface area contributed by atoms with Crippen molar-refractivity contribution in [1.82, 2.24) is 4.98 Å². The molecule has 0 spiro atoms. The first-order valence-electron chi connectivity index (χ1n) is 7.97. The van der Waals surface area contributed by atoms with Gasteiger partial charge < -0.3 is 20.8 Å². The predicted molar refractivity (Wildman–Crippen MR) is 96.3 cm³/mol. The highest BCUT2D eigenvalue weighted by Crippen LogP contribution is 2.41. The number of fused-ring (bicyclic) bond motifs is 1. The number of rotatable bonds is 3. The number of carbonyl (C=O) groups is 1. The van der Waals surface area contributed by atoms with Gasteiger partial charge in [0.15, 0.2) is 0 Å². The number of hydrogen-bond donors (Lipinski definition) is 2. The number of nitrogens with two attached hydrogens (primary N) is 2. The van der Waals surface area contributed by atoms with E-state index >= 15 is 0 Å². The number of aromatic nitrogens is 1. The summed E-state index contributed by atoms with van der Waals surface area (Å²) in [5, 5.41) is 0.740. The Balaban J connectivity index is 1.95. The molecular weight excluding hydrogens is 324 g/mol. The molecule has 3 aromatic heterocycles. The maximum absolute atomic E-state index is 11.7. The number of pyridine rings is 1. The van der Waals surface area contributed by atoms with E-state index in [9.17, 15) is 4.79 Å². The minimum absolute atomic E-state index is 0.348. The molecule has 0 unspecified atom stereocenters. The van der Waals surface area contributed by atoms with Crippen LogP contribution in [0.2, 0.25) is 0 Å². The second-order valence-corrected chi connectivity index (χ2v) is 6.94. The van der Waals surface area contributed by atoms with Gasteiger partial charge in [-0.15, -0.1) is 11.3 Å². The SMILES string of the molecule is NC(=O)c1sc2nc(N3CCCCC3)cc(-c3ccco3)c2c1N. The largest absolute Gasteiger partial charge is 0.464 e. The summed E-state index contributed by atoms with van der Waals surface area (Å²) in [5.74, 6) is 1.08. The molecule has 124 valence electrons. The molecule has 1 fully saturated rings. The molecule has 1 aliphatic heterocycles. The number of hydrogen-bond acceptors (Lipinski definition) is 6. The van der Waals surface area contributed by atoms with Crippen LogP contribution in [0.4, 0.5) is 11.5 Å². The van der Waals surface area contributed by atoms with Crippen LogP contribution < -0.4 is 16.4 Å². The van der Waals surface area contributed by atoms with Gasteiger partial charge >= 0.3 is 0 Å². The Kier molecular flexibility index (Phi) is 3.65. The van der Waals surface area contributed by atoms with E-state index in [2.05, 4.69) is 4.90 Å². The molecule has 4 N–H and O–H groups in total. The first kappa shape index (κ1) is 15.0. The van der Waals surface area contributed by atoms with Crippen molar-refractivity contribution in [3.63, 3.8) is 0 Å². The smallest absolute Gasteiger partial charge is 0.260 e. The number of nitrogens with zero attached hydrogens (tertiary/aromatic N) is 2. The highest BCUT2D eigenvalue weighted by Gasteiger charge is 2.22. The van der Waals surface area contributed by atoms with Gasteiger partial charge in [-0.3, -0.25) is 4.79 Å². The van der Waals surface area contributed by atoms with Gasteiger partial charge in [0.2, 0.25) is 0 Å². The summed E-state index contributed by atoms with van der Waals surface area (Å²) in [5.41, 5.74) is 12.9. The highest BCUT2D eigenvalue weighted by molar-refractivity contribution is 7.21. The Morgan fingerprint density at radius 3 is 2.75 bits per heavy atom. The number of primary amides is 1. The average Bonchev–Trinajstić information content (AvgIpc) is 3.23. The van der Waals surface area contributed by atoms with E-state index in [-0.39, 0.29) is 0 Å². The Hall–Kier alpha value is -2.54. The van der Waals surface area contributed by atoms with Gasteiger partial charge in [-0.2, -0.15) is 0 Å². The van der Waals surface area contributed by atoms with Crippen molar-refractivity contribution in [2.24, 2.45) is 5.73 Å². The lowest BCUT2D eigenvalue weighted by Gasteiger charge is -2.28. The summed E-state index contributed by atoms with van der Waals surface area (Å²) in [7, 11) is 0. The van der Waals surface area contributed by atoms with Crippen LogP contribution >= 0.6 is 11.3 Å². The molecule has 1 saturated heterocycles. The third-order valence-corrected chi connectivity index (χ3v) is 5.49. The minimum atomic E-state index is -0.527. The Morgan fingerprint density at radius 2 is 2.08 bits per heavy atom. The molecule has 6 nitrogen and oxygen atoms in total. The van der Waals surface area contributed by atoms with Crippen molar-refractivity contribution in [2.75, 3.05) is 23.7 Å². The summed E-state index contributed by atoms with van der Waals surface area (Å²) >= 11 is 1.24. The second kappa shape index (κ2) is 5.83. The molecule has 4 rings (SSSR count). The quantitative estimate of drug-likeness (QED) is 0.761. The fraction of sp³-hybridized carbons (Fsp3) is 0.294. The number of nitrogen functional groups attached to an aromatic ring is 1. The molecule has 7 heteroatoms. The highest BCUT2D eigenvalue weighted by atomic mass is 32.1. The molecule has 0 bridgehead atoms. The standard InChI is InChI=1S/C17H18N4O2S/c18-14-13-10(11-5-4-8-23-11)9-12(21-6-2-1-3-7-21)20-17(13)24-15(14)16(19)22/h4-5,8-9H,1-3,6-7,18H2,(H2,19,22). The summed E-state index contributed by atoms with van der Waals surface area (Å²) in [6, 6.07) is 5.72. The molecule has 1 amide bonds. The molecule has 0 atom stereocenters. The van der Waals surface area contributed by atoms with Gasteiger partial charge in [-0.25, -0.2) is 4.98 Å². The van der Waals surface area contributed by atoms with Crippen molar-refractivity contribution in [3.8, 4) is 11.3 Å². The molecule has 4 heterocycles. The number of furan rings is 1. The van der Waals surface area contributed by atoms with E-state index in [1.54, 1.807) is 6.26 Å². The van der Waals surface area contributed by atoms with Gasteiger partial charge in [0.05, 0.1) is 12.0 Å². The second-order valence-electron chi connectivity index (χ2n) is 5.94. The lowest BCUT2D eigenvalue weighted by Crippen LogP contribution is -2.30. The maximum atomic E-state index is 11.7. The first-order valence-corrected chi connectivity index (χ1v) is 8.78. The number of carbonyl (C=O) groups excluding carboxylic acids is 1. The van der Waals surface area contributed by atoms with Crippen molar-refractivity contribution < 1.29 is 9.21 Å². The molecular formula is C17H18N4O2S. The van der Waals surface area contributed by atoms with Crippen LogP contribution in [-0.2, 0) is 0 Å². The Labute approximate surface area is 143 Å². The third-order valence-electron chi connectivity index (χ3n) is 4.38. The summed E-state index contributed by atoms with van der Waals surface area (Å²) in [4.78, 5) is 19.8. The van der Waals surface area contributed by atoms with Crippen molar-refractivity contribution >= 4 is 39.0 Å². The van der Waals surface area contributed by atoms with E-state index in [4.69, 9.17) is 20.9 Å². The van der Waals surface area contributed by atoms with E-state index in [0.29, 0.717) is 16.3 Å². The molecule has 0 aromatic carbocycles. The zero-order chi connectivity index (χ0) is 16.7. The minimum Gasteiger partial charge on any atom is -0.464 e. The van der Waals surface area contributed by atoms with E-state index in [1.807, 2.05) is 18.2 Å².